The van der Waals surface area contributed by atoms with Gasteiger partial charge in [0.25, 0.3) is 5.56 Å². The average Bonchev–Trinajstić information content (AvgIpc) is 3.31. The van der Waals surface area contributed by atoms with Crippen molar-refractivity contribution in [1.82, 2.24) is 14.7 Å². The summed E-state index contributed by atoms with van der Waals surface area (Å²) < 4.78 is 11.8. The summed E-state index contributed by atoms with van der Waals surface area (Å²) in [6, 6.07) is 11.0. The van der Waals surface area contributed by atoms with Crippen molar-refractivity contribution in [2.75, 3.05) is 12.4 Å². The van der Waals surface area contributed by atoms with E-state index >= 15 is 0 Å². The maximum Gasteiger partial charge on any atom is 0.271 e. The summed E-state index contributed by atoms with van der Waals surface area (Å²) in [4.78, 5) is 30.2. The van der Waals surface area contributed by atoms with Crippen molar-refractivity contribution >= 4 is 33.3 Å². The first-order valence-corrected chi connectivity index (χ1v) is 9.22. The van der Waals surface area contributed by atoms with E-state index in [9.17, 15) is 9.59 Å². The summed E-state index contributed by atoms with van der Waals surface area (Å²) in [7, 11) is 1.61. The molecule has 8 nitrogen and oxygen atoms in total. The van der Waals surface area contributed by atoms with Crippen LogP contribution in [0.4, 0.5) is 5.82 Å². The Morgan fingerprint density at radius 1 is 1.29 bits per heavy atom. The van der Waals surface area contributed by atoms with Crippen LogP contribution in [0.1, 0.15) is 5.76 Å². The van der Waals surface area contributed by atoms with Crippen LogP contribution >= 0.6 is 11.3 Å². The highest BCUT2D eigenvalue weighted by Crippen LogP contribution is 2.31. The number of benzene rings is 1. The molecule has 0 fully saturated rings. The lowest BCUT2D eigenvalue weighted by Crippen LogP contribution is -2.27. The Labute approximate surface area is 163 Å². The number of nitrogens with zero attached hydrogens (tertiary/aromatic N) is 3. The minimum Gasteiger partial charge on any atom is -0.497 e. The molecule has 0 atom stereocenters. The van der Waals surface area contributed by atoms with Gasteiger partial charge < -0.3 is 14.6 Å². The van der Waals surface area contributed by atoms with E-state index in [0.29, 0.717) is 21.8 Å². The Bertz CT molecular complexity index is 1210. The van der Waals surface area contributed by atoms with Crippen LogP contribution in [0.15, 0.2) is 52.0 Å². The number of hydrogen-bond acceptors (Lipinski definition) is 7. The number of anilines is 1. The van der Waals surface area contributed by atoms with E-state index in [1.807, 2.05) is 30.3 Å². The lowest BCUT2D eigenvalue weighted by molar-refractivity contribution is -0.116. The van der Waals surface area contributed by atoms with Crippen LogP contribution < -0.4 is 15.6 Å². The topological polar surface area (TPSA) is 99.2 Å². The number of amides is 1. The summed E-state index contributed by atoms with van der Waals surface area (Å²) >= 11 is 1.34. The van der Waals surface area contributed by atoms with E-state index in [4.69, 9.17) is 9.26 Å². The number of nitrogens with one attached hydrogen (secondary N) is 1. The van der Waals surface area contributed by atoms with Gasteiger partial charge in [-0.05, 0) is 42.8 Å². The molecule has 28 heavy (non-hydrogen) atoms. The molecule has 4 rings (SSSR count). The molecule has 9 heteroatoms. The predicted molar refractivity (Wildman–Crippen MR) is 106 cm³/mol. The van der Waals surface area contributed by atoms with Crippen LogP contribution in [-0.4, -0.2) is 27.7 Å². The summed E-state index contributed by atoms with van der Waals surface area (Å²) in [6.45, 7) is 1.56. The normalized spacial score (nSPS) is 10.9. The number of ether oxygens (including phenoxy) is 1. The number of methoxy groups -OCH3 is 1. The summed E-state index contributed by atoms with van der Waals surface area (Å²) in [5.74, 6) is 1.27. The molecular formula is C19H16N4O4S. The molecule has 3 heterocycles. The molecule has 0 bridgehead atoms. The third-order valence-electron chi connectivity index (χ3n) is 4.09. The molecule has 0 radical (unpaired) electrons. The van der Waals surface area contributed by atoms with Gasteiger partial charge in [-0.1, -0.05) is 5.16 Å². The highest BCUT2D eigenvalue weighted by molar-refractivity contribution is 7.22. The predicted octanol–water partition coefficient (Wildman–Crippen LogP) is 3.07. The van der Waals surface area contributed by atoms with Gasteiger partial charge in [0.15, 0.2) is 5.82 Å². The van der Waals surface area contributed by atoms with Crippen molar-refractivity contribution in [3.63, 3.8) is 0 Å². The zero-order valence-corrected chi connectivity index (χ0v) is 15.9. The number of rotatable bonds is 5. The first-order chi connectivity index (χ1) is 13.5. The van der Waals surface area contributed by atoms with Crippen LogP contribution in [0.2, 0.25) is 0 Å². The van der Waals surface area contributed by atoms with Crippen molar-refractivity contribution in [1.29, 1.82) is 0 Å². The fourth-order valence-electron chi connectivity index (χ4n) is 2.72. The lowest BCUT2D eigenvalue weighted by atomic mass is 10.2. The first-order valence-electron chi connectivity index (χ1n) is 8.40. The van der Waals surface area contributed by atoms with Crippen LogP contribution in [0.25, 0.3) is 20.7 Å². The zero-order chi connectivity index (χ0) is 19.7. The number of aryl methyl sites for hydroxylation is 1. The number of thiophene rings is 1. The SMILES string of the molecule is COc1ccc(-c2cc3ncn(CC(=O)Nc4cc(C)on4)c(=O)c3s2)cc1. The minimum absolute atomic E-state index is 0.163. The molecule has 0 aliphatic heterocycles. The number of carbonyl (C=O) groups excluding carboxylic acids is 1. The molecule has 0 aliphatic rings. The van der Waals surface area contributed by atoms with Crippen molar-refractivity contribution in [2.45, 2.75) is 13.5 Å². The lowest BCUT2D eigenvalue weighted by Gasteiger charge is -2.04. The number of hydrogen-bond donors (Lipinski definition) is 1. The monoisotopic (exact) mass is 396 g/mol. The maximum atomic E-state index is 12.8. The third kappa shape index (κ3) is 3.52. The van der Waals surface area contributed by atoms with Gasteiger partial charge in [-0.15, -0.1) is 11.3 Å². The molecule has 0 saturated carbocycles. The van der Waals surface area contributed by atoms with Gasteiger partial charge in [0, 0.05) is 10.9 Å². The van der Waals surface area contributed by atoms with Crippen LogP contribution in [0, 0.1) is 6.92 Å². The van der Waals surface area contributed by atoms with Gasteiger partial charge in [0.2, 0.25) is 5.91 Å². The van der Waals surface area contributed by atoms with Crippen LogP contribution in [0.5, 0.6) is 5.75 Å². The Morgan fingerprint density at radius 2 is 2.07 bits per heavy atom. The molecule has 0 unspecified atom stereocenters. The quantitative estimate of drug-likeness (QED) is 0.557. The average molecular weight is 396 g/mol. The van der Waals surface area contributed by atoms with Gasteiger partial charge in [0.05, 0.1) is 19.0 Å². The fourth-order valence-corrected chi connectivity index (χ4v) is 3.78. The standard InChI is InChI=1S/C19H16N4O4S/c1-11-7-16(22-27-11)21-17(24)9-23-10-20-14-8-15(28-18(14)19(23)25)12-3-5-13(26-2)6-4-12/h3-8,10H,9H2,1-2H3,(H,21,22,24). The molecule has 1 amide bonds. The molecular weight excluding hydrogens is 380 g/mol. The Hall–Kier alpha value is -3.46. The van der Waals surface area contributed by atoms with Crippen molar-refractivity contribution < 1.29 is 14.1 Å². The third-order valence-corrected chi connectivity index (χ3v) is 5.25. The summed E-state index contributed by atoms with van der Waals surface area (Å²) in [5.41, 5.74) is 1.31. The zero-order valence-electron chi connectivity index (χ0n) is 15.1. The van der Waals surface area contributed by atoms with E-state index < -0.39 is 0 Å². The van der Waals surface area contributed by atoms with Crippen molar-refractivity contribution in [3.8, 4) is 16.2 Å². The molecule has 0 aliphatic carbocycles. The summed E-state index contributed by atoms with van der Waals surface area (Å²) in [5, 5.41) is 6.29. The van der Waals surface area contributed by atoms with Crippen molar-refractivity contribution in [2.24, 2.45) is 0 Å². The molecule has 142 valence electrons. The Kier molecular flexibility index (Phi) is 4.66. The Balaban J connectivity index is 1.59. The fraction of sp³-hybridized carbons (Fsp3) is 0.158. The van der Waals surface area contributed by atoms with Gasteiger partial charge in [-0.2, -0.15) is 0 Å². The van der Waals surface area contributed by atoms with Gasteiger partial charge in [-0.3, -0.25) is 14.2 Å². The van der Waals surface area contributed by atoms with Gasteiger partial charge in [-0.25, -0.2) is 4.98 Å². The van der Waals surface area contributed by atoms with E-state index in [1.54, 1.807) is 20.1 Å². The molecule has 4 aromatic rings. The molecule has 1 N–H and O–H groups in total. The number of aromatic nitrogens is 3. The van der Waals surface area contributed by atoms with E-state index in [-0.39, 0.29) is 18.0 Å². The first kappa shape index (κ1) is 17.9. The highest BCUT2D eigenvalue weighted by Gasteiger charge is 2.13. The van der Waals surface area contributed by atoms with E-state index in [2.05, 4.69) is 15.5 Å². The minimum atomic E-state index is -0.386. The second-order valence-corrected chi connectivity index (χ2v) is 7.15. The summed E-state index contributed by atoms with van der Waals surface area (Å²) in [6.07, 6.45) is 1.38. The highest BCUT2D eigenvalue weighted by atomic mass is 32.1. The maximum absolute atomic E-state index is 12.8. The van der Waals surface area contributed by atoms with Crippen LogP contribution in [0.3, 0.4) is 0 Å². The van der Waals surface area contributed by atoms with Gasteiger partial charge in [0.1, 0.15) is 22.8 Å². The van der Waals surface area contributed by atoms with E-state index in [1.165, 1.54) is 22.2 Å². The van der Waals surface area contributed by atoms with E-state index in [0.717, 1.165) is 16.2 Å². The van der Waals surface area contributed by atoms with Crippen molar-refractivity contribution in [3.05, 3.63) is 58.8 Å². The van der Waals surface area contributed by atoms with Gasteiger partial charge >= 0.3 is 0 Å². The largest absolute Gasteiger partial charge is 0.497 e. The second kappa shape index (κ2) is 7.28. The van der Waals surface area contributed by atoms with Crippen LogP contribution in [-0.2, 0) is 11.3 Å². The molecule has 3 aromatic heterocycles. The molecule has 0 spiro atoms. The molecule has 1 aromatic carbocycles. The number of carbonyl (C=O) groups is 1. The smallest absolute Gasteiger partial charge is 0.271 e. The second-order valence-electron chi connectivity index (χ2n) is 6.10. The molecule has 0 saturated heterocycles. The number of fused-ring (bicyclic) bond motifs is 1. The Morgan fingerprint density at radius 3 is 2.75 bits per heavy atom.